The van der Waals surface area contributed by atoms with Gasteiger partial charge in [0.25, 0.3) is 0 Å². The zero-order valence-corrected chi connectivity index (χ0v) is 10.9. The van der Waals surface area contributed by atoms with Gasteiger partial charge in [0.15, 0.2) is 5.82 Å². The summed E-state index contributed by atoms with van der Waals surface area (Å²) in [7, 11) is 1.92. The molecule has 0 aliphatic heterocycles. The first-order chi connectivity index (χ1) is 8.29. The summed E-state index contributed by atoms with van der Waals surface area (Å²) in [5.74, 6) is 2.74. The minimum Gasteiger partial charge on any atom is -0.313 e. The second kappa shape index (κ2) is 6.10. The van der Waals surface area contributed by atoms with Crippen LogP contribution in [-0.4, -0.2) is 27.3 Å². The van der Waals surface area contributed by atoms with Crippen molar-refractivity contribution < 1.29 is 0 Å². The molecular weight excluding hydrogens is 214 g/mol. The normalized spacial score (nSPS) is 25.1. The molecule has 1 N–H and O–H groups in total. The maximum absolute atomic E-state index is 4.05. The molecule has 1 aliphatic carbocycles. The number of hydrogen-bond donors (Lipinski definition) is 1. The van der Waals surface area contributed by atoms with Gasteiger partial charge in [0.1, 0.15) is 0 Å². The van der Waals surface area contributed by atoms with Gasteiger partial charge in [-0.05, 0) is 35.7 Å². The molecule has 0 aromatic carbocycles. The van der Waals surface area contributed by atoms with Crippen molar-refractivity contribution >= 4 is 0 Å². The van der Waals surface area contributed by atoms with Crippen LogP contribution in [0, 0.1) is 11.8 Å². The van der Waals surface area contributed by atoms with Crippen LogP contribution in [0.15, 0.2) is 0 Å². The highest BCUT2D eigenvalue weighted by atomic mass is 15.5. The maximum Gasteiger partial charge on any atom is 0.165 e. The molecule has 0 saturated heterocycles. The van der Waals surface area contributed by atoms with Crippen molar-refractivity contribution in [3.8, 4) is 0 Å². The van der Waals surface area contributed by atoms with Crippen LogP contribution >= 0.6 is 0 Å². The lowest BCUT2D eigenvalue weighted by Crippen LogP contribution is -2.17. The lowest BCUT2D eigenvalue weighted by atomic mass is 9.81. The van der Waals surface area contributed by atoms with Crippen LogP contribution in [-0.2, 0) is 13.1 Å². The third-order valence-electron chi connectivity index (χ3n) is 3.83. The first-order valence-electron chi connectivity index (χ1n) is 6.69. The highest BCUT2D eigenvalue weighted by Gasteiger charge is 2.18. The minimum absolute atomic E-state index is 0.745. The van der Waals surface area contributed by atoms with Crippen LogP contribution in [0.1, 0.15) is 44.9 Å². The van der Waals surface area contributed by atoms with Crippen LogP contribution in [0.3, 0.4) is 0 Å². The minimum atomic E-state index is 0.745. The predicted molar refractivity (Wildman–Crippen MR) is 66.3 cm³/mol. The van der Waals surface area contributed by atoms with Crippen molar-refractivity contribution in [3.05, 3.63) is 5.82 Å². The molecule has 96 valence electrons. The third-order valence-corrected chi connectivity index (χ3v) is 3.83. The molecule has 0 amide bonds. The first kappa shape index (κ1) is 12.5. The molecule has 1 heterocycles. The zero-order valence-electron chi connectivity index (χ0n) is 10.9. The van der Waals surface area contributed by atoms with Crippen LogP contribution in [0.2, 0.25) is 0 Å². The zero-order chi connectivity index (χ0) is 12.1. The van der Waals surface area contributed by atoms with Crippen molar-refractivity contribution in [3.63, 3.8) is 0 Å². The van der Waals surface area contributed by atoms with Crippen molar-refractivity contribution in [2.45, 2.75) is 52.1 Å². The van der Waals surface area contributed by atoms with Crippen LogP contribution in [0.25, 0.3) is 0 Å². The number of rotatable bonds is 5. The first-order valence-corrected chi connectivity index (χ1v) is 6.69. The lowest BCUT2D eigenvalue weighted by molar-refractivity contribution is 0.264. The van der Waals surface area contributed by atoms with Gasteiger partial charge in [0, 0.05) is 6.54 Å². The number of nitrogens with zero attached hydrogens (tertiary/aromatic N) is 4. The maximum atomic E-state index is 4.05. The van der Waals surface area contributed by atoms with Gasteiger partial charge in [0.05, 0.1) is 6.54 Å². The fraction of sp³-hybridized carbons (Fsp3) is 0.917. The summed E-state index contributed by atoms with van der Waals surface area (Å²) < 4.78 is 1.94. The Bertz CT molecular complexity index is 327. The van der Waals surface area contributed by atoms with Crippen LogP contribution in [0.5, 0.6) is 0 Å². The second-order valence-corrected chi connectivity index (χ2v) is 5.26. The van der Waals surface area contributed by atoms with E-state index in [2.05, 4.69) is 27.8 Å². The smallest absolute Gasteiger partial charge is 0.165 e. The Hall–Kier alpha value is -0.970. The van der Waals surface area contributed by atoms with Crippen molar-refractivity contribution in [1.82, 2.24) is 25.5 Å². The Morgan fingerprint density at radius 1 is 1.29 bits per heavy atom. The van der Waals surface area contributed by atoms with E-state index in [4.69, 9.17) is 0 Å². The molecule has 1 saturated carbocycles. The average molecular weight is 237 g/mol. The summed E-state index contributed by atoms with van der Waals surface area (Å²) in [6, 6.07) is 0. The van der Waals surface area contributed by atoms with E-state index < -0.39 is 0 Å². The summed E-state index contributed by atoms with van der Waals surface area (Å²) in [4.78, 5) is 0. The Balaban J connectivity index is 1.79. The molecular formula is C12H23N5. The number of aryl methyl sites for hydroxylation is 1. The van der Waals surface area contributed by atoms with Gasteiger partial charge in [-0.3, -0.25) is 0 Å². The van der Waals surface area contributed by atoms with Gasteiger partial charge in [-0.2, -0.15) is 0 Å². The van der Waals surface area contributed by atoms with E-state index >= 15 is 0 Å². The molecule has 0 radical (unpaired) electrons. The van der Waals surface area contributed by atoms with Crippen molar-refractivity contribution in [1.29, 1.82) is 0 Å². The van der Waals surface area contributed by atoms with Crippen LogP contribution in [0.4, 0.5) is 0 Å². The molecule has 1 aliphatic rings. The van der Waals surface area contributed by atoms with Crippen molar-refractivity contribution in [2.75, 3.05) is 7.05 Å². The van der Waals surface area contributed by atoms with E-state index in [0.29, 0.717) is 0 Å². The van der Waals surface area contributed by atoms with Gasteiger partial charge in [-0.1, -0.05) is 32.6 Å². The molecule has 1 aromatic heterocycles. The van der Waals surface area contributed by atoms with E-state index in [1.165, 1.54) is 32.1 Å². The Morgan fingerprint density at radius 3 is 2.76 bits per heavy atom. The molecule has 5 heteroatoms. The number of tetrazole rings is 1. The van der Waals surface area contributed by atoms with Gasteiger partial charge >= 0.3 is 0 Å². The van der Waals surface area contributed by atoms with Gasteiger partial charge in [-0.25, -0.2) is 4.68 Å². The Morgan fingerprint density at radius 2 is 2.06 bits per heavy atom. The molecule has 5 nitrogen and oxygen atoms in total. The highest BCUT2D eigenvalue weighted by Crippen LogP contribution is 2.30. The monoisotopic (exact) mass is 237 g/mol. The summed E-state index contributed by atoms with van der Waals surface area (Å²) in [6.07, 6.45) is 6.76. The van der Waals surface area contributed by atoms with Gasteiger partial charge in [-0.15, -0.1) is 5.10 Å². The Labute approximate surface area is 103 Å². The second-order valence-electron chi connectivity index (χ2n) is 5.26. The molecule has 0 spiro atoms. The summed E-state index contributed by atoms with van der Waals surface area (Å²) >= 11 is 0. The highest BCUT2D eigenvalue weighted by molar-refractivity contribution is 4.79. The predicted octanol–water partition coefficient (Wildman–Crippen LogP) is 1.61. The van der Waals surface area contributed by atoms with E-state index in [9.17, 15) is 0 Å². The molecule has 2 rings (SSSR count). The quantitative estimate of drug-likeness (QED) is 0.845. The van der Waals surface area contributed by atoms with E-state index in [0.717, 1.165) is 30.7 Å². The summed E-state index contributed by atoms with van der Waals surface area (Å²) in [5.41, 5.74) is 0. The largest absolute Gasteiger partial charge is 0.313 e. The number of hydrogen-bond acceptors (Lipinski definition) is 4. The summed E-state index contributed by atoms with van der Waals surface area (Å²) in [5, 5.41) is 14.9. The fourth-order valence-corrected chi connectivity index (χ4v) is 2.60. The van der Waals surface area contributed by atoms with Gasteiger partial charge in [0.2, 0.25) is 0 Å². The van der Waals surface area contributed by atoms with Gasteiger partial charge < -0.3 is 5.32 Å². The van der Waals surface area contributed by atoms with E-state index in [-0.39, 0.29) is 0 Å². The topological polar surface area (TPSA) is 55.6 Å². The summed E-state index contributed by atoms with van der Waals surface area (Å²) in [6.45, 7) is 4.07. The molecule has 17 heavy (non-hydrogen) atoms. The lowest BCUT2D eigenvalue weighted by Gasteiger charge is -2.25. The third kappa shape index (κ3) is 3.49. The SMILES string of the molecule is CNCc1nnnn1CCC1CCC(C)CC1. The van der Waals surface area contributed by atoms with Crippen molar-refractivity contribution in [2.24, 2.45) is 11.8 Å². The van der Waals surface area contributed by atoms with E-state index in [1.54, 1.807) is 0 Å². The number of aromatic nitrogens is 4. The Kier molecular flexibility index (Phi) is 4.48. The van der Waals surface area contributed by atoms with E-state index in [1.807, 2.05) is 11.7 Å². The molecule has 1 fully saturated rings. The number of nitrogens with one attached hydrogen (secondary N) is 1. The standard InChI is InChI=1S/C12H23N5/c1-10-3-5-11(6-4-10)7-8-17-12(9-13-2)14-15-16-17/h10-11,13H,3-9H2,1-2H3. The molecule has 0 unspecified atom stereocenters. The molecule has 1 aromatic rings. The molecule has 0 bridgehead atoms. The van der Waals surface area contributed by atoms with Crippen LogP contribution < -0.4 is 5.32 Å². The fourth-order valence-electron chi connectivity index (χ4n) is 2.60. The molecule has 0 atom stereocenters. The average Bonchev–Trinajstić information content (AvgIpc) is 2.77.